The number of carbonyl (C=O) groups excluding carboxylic acids is 2. The molecule has 2 heterocycles. The number of imide groups is 1. The van der Waals surface area contributed by atoms with E-state index in [4.69, 9.17) is 28.0 Å². The molecule has 0 radical (unpaired) electrons. The maximum Gasteiger partial charge on any atom is 0.281 e. The summed E-state index contributed by atoms with van der Waals surface area (Å²) in [4.78, 5) is 31.7. The van der Waals surface area contributed by atoms with Gasteiger partial charge >= 0.3 is 0 Å². The molecular weight excluding hydrogens is 382 g/mol. The third-order valence-corrected chi connectivity index (χ3v) is 4.94. The van der Waals surface area contributed by atoms with Gasteiger partial charge in [-0.1, -0.05) is 34.4 Å². The molecule has 4 rings (SSSR count). The van der Waals surface area contributed by atoms with Gasteiger partial charge in [0.05, 0.1) is 22.8 Å². The first kappa shape index (κ1) is 17.0. The Morgan fingerprint density at radius 2 is 1.81 bits per heavy atom. The molecule has 1 spiro atoms. The second kappa shape index (κ2) is 6.07. The Morgan fingerprint density at radius 3 is 2.50 bits per heavy atom. The van der Waals surface area contributed by atoms with Crippen LogP contribution in [-0.4, -0.2) is 23.1 Å². The molecule has 0 unspecified atom stereocenters. The van der Waals surface area contributed by atoms with Gasteiger partial charge in [-0.15, -0.1) is 0 Å². The Balaban J connectivity index is 1.62. The summed E-state index contributed by atoms with van der Waals surface area (Å²) < 4.78 is 13.1. The van der Waals surface area contributed by atoms with Crippen molar-refractivity contribution in [3.05, 3.63) is 63.9 Å². The van der Waals surface area contributed by atoms with Crippen LogP contribution in [0.3, 0.4) is 0 Å². The zero-order valence-electron chi connectivity index (χ0n) is 13.2. The third kappa shape index (κ3) is 2.66. The number of oxime groups is 1. The largest absolute Gasteiger partial charge is 0.378 e. The lowest BCUT2D eigenvalue weighted by Crippen LogP contribution is -2.40. The number of rotatable bonds is 2. The summed E-state index contributed by atoms with van der Waals surface area (Å²) in [7, 11) is 0. The van der Waals surface area contributed by atoms with Crippen molar-refractivity contribution in [2.75, 3.05) is 4.90 Å². The maximum absolute atomic E-state index is 13.1. The highest BCUT2D eigenvalue weighted by molar-refractivity contribution is 6.37. The fourth-order valence-corrected chi connectivity index (χ4v) is 3.64. The number of anilines is 1. The number of benzene rings is 2. The van der Waals surface area contributed by atoms with Crippen LogP contribution in [0.2, 0.25) is 10.0 Å². The molecule has 5 nitrogen and oxygen atoms in total. The summed E-state index contributed by atoms with van der Waals surface area (Å²) in [6.45, 7) is 0. The monoisotopic (exact) mass is 392 g/mol. The van der Waals surface area contributed by atoms with Gasteiger partial charge in [-0.25, -0.2) is 9.29 Å². The highest BCUT2D eigenvalue weighted by Crippen LogP contribution is 2.40. The molecule has 0 saturated carbocycles. The molecule has 8 heteroatoms. The van der Waals surface area contributed by atoms with E-state index in [1.54, 1.807) is 18.2 Å². The molecular formula is C18H11Cl2FN2O3. The molecule has 2 aliphatic rings. The highest BCUT2D eigenvalue weighted by atomic mass is 35.5. The van der Waals surface area contributed by atoms with Crippen molar-refractivity contribution in [3.8, 4) is 0 Å². The molecule has 2 aliphatic heterocycles. The minimum Gasteiger partial charge on any atom is -0.378 e. The van der Waals surface area contributed by atoms with Crippen molar-refractivity contribution >= 4 is 46.4 Å². The first-order chi connectivity index (χ1) is 12.4. The van der Waals surface area contributed by atoms with E-state index in [0.29, 0.717) is 27.0 Å². The summed E-state index contributed by atoms with van der Waals surface area (Å²) >= 11 is 12.1. The van der Waals surface area contributed by atoms with Crippen molar-refractivity contribution in [1.82, 2.24) is 0 Å². The maximum atomic E-state index is 13.1. The van der Waals surface area contributed by atoms with Gasteiger partial charge in [0.1, 0.15) is 5.82 Å². The van der Waals surface area contributed by atoms with Crippen LogP contribution in [0, 0.1) is 5.82 Å². The highest BCUT2D eigenvalue weighted by Gasteiger charge is 2.58. The molecule has 132 valence electrons. The zero-order chi connectivity index (χ0) is 18.5. The van der Waals surface area contributed by atoms with E-state index in [-0.39, 0.29) is 12.8 Å². The van der Waals surface area contributed by atoms with Crippen LogP contribution in [0.15, 0.2) is 47.6 Å². The minimum atomic E-state index is -1.40. The molecule has 1 atom stereocenters. The van der Waals surface area contributed by atoms with Gasteiger partial charge in [0.15, 0.2) is 0 Å². The van der Waals surface area contributed by atoms with Crippen molar-refractivity contribution in [2.45, 2.75) is 18.4 Å². The quantitative estimate of drug-likeness (QED) is 0.726. The zero-order valence-corrected chi connectivity index (χ0v) is 14.7. The fourth-order valence-electron chi connectivity index (χ4n) is 3.12. The Bertz CT molecular complexity index is 961. The van der Waals surface area contributed by atoms with Crippen molar-refractivity contribution in [2.24, 2.45) is 5.16 Å². The van der Waals surface area contributed by atoms with Gasteiger partial charge < -0.3 is 4.84 Å². The average molecular weight is 393 g/mol. The normalized spacial score (nSPS) is 22.1. The standard InChI is InChI=1S/C18H11Cl2FN2O3/c19-10-1-6-13(14(20)7-10)15-8-18(26-22-15)9-16(24)23(17(18)25)12-4-2-11(21)3-5-12/h1-7H,8-9H2/t18-/m0/s1. The topological polar surface area (TPSA) is 59.0 Å². The fraction of sp³-hybridized carbons (Fsp3) is 0.167. The Kier molecular flexibility index (Phi) is 3.97. The summed E-state index contributed by atoms with van der Waals surface area (Å²) in [5, 5.41) is 4.84. The van der Waals surface area contributed by atoms with E-state index in [1.165, 1.54) is 24.3 Å². The summed E-state index contributed by atoms with van der Waals surface area (Å²) in [6, 6.07) is 10.0. The van der Waals surface area contributed by atoms with Gasteiger partial charge in [0.2, 0.25) is 11.5 Å². The predicted molar refractivity (Wildman–Crippen MR) is 94.9 cm³/mol. The Hall–Kier alpha value is -2.44. The summed E-state index contributed by atoms with van der Waals surface area (Å²) in [5.74, 6) is -1.42. The van der Waals surface area contributed by atoms with Gasteiger partial charge in [0, 0.05) is 17.0 Å². The first-order valence-corrected chi connectivity index (χ1v) is 8.49. The SMILES string of the molecule is O=C1C[C@@]2(CC(c3ccc(Cl)cc3Cl)=NO2)C(=O)N1c1ccc(F)cc1. The van der Waals surface area contributed by atoms with Crippen LogP contribution in [-0.2, 0) is 14.4 Å². The molecule has 2 amide bonds. The molecule has 1 saturated heterocycles. The number of carbonyl (C=O) groups is 2. The predicted octanol–water partition coefficient (Wildman–Crippen LogP) is 3.96. The molecule has 26 heavy (non-hydrogen) atoms. The van der Waals surface area contributed by atoms with E-state index in [2.05, 4.69) is 5.16 Å². The van der Waals surface area contributed by atoms with E-state index in [1.807, 2.05) is 0 Å². The van der Waals surface area contributed by atoms with Crippen LogP contribution >= 0.6 is 23.2 Å². The third-order valence-electron chi connectivity index (χ3n) is 4.39. The molecule has 2 aromatic carbocycles. The summed E-state index contributed by atoms with van der Waals surface area (Å²) in [5.41, 5.74) is -0.0499. The van der Waals surface area contributed by atoms with Crippen LogP contribution in [0.1, 0.15) is 18.4 Å². The van der Waals surface area contributed by atoms with Crippen LogP contribution in [0.25, 0.3) is 0 Å². The van der Waals surface area contributed by atoms with Crippen LogP contribution in [0.4, 0.5) is 10.1 Å². The number of hydrogen-bond acceptors (Lipinski definition) is 4. The Labute approximate surface area is 157 Å². The van der Waals surface area contributed by atoms with Crippen LogP contribution in [0.5, 0.6) is 0 Å². The molecule has 1 fully saturated rings. The summed E-state index contributed by atoms with van der Waals surface area (Å²) in [6.07, 6.45) is -0.0436. The van der Waals surface area contributed by atoms with E-state index < -0.39 is 23.2 Å². The Morgan fingerprint density at radius 1 is 1.08 bits per heavy atom. The van der Waals surface area contributed by atoms with E-state index in [0.717, 1.165) is 4.90 Å². The van der Waals surface area contributed by atoms with Crippen LogP contribution < -0.4 is 4.90 Å². The lowest BCUT2D eigenvalue weighted by atomic mass is 9.92. The molecule has 0 bridgehead atoms. The number of hydrogen-bond donors (Lipinski definition) is 0. The van der Waals surface area contributed by atoms with Crippen molar-refractivity contribution < 1.29 is 18.8 Å². The molecule has 2 aromatic rings. The molecule has 0 N–H and O–H groups in total. The van der Waals surface area contributed by atoms with E-state index >= 15 is 0 Å². The van der Waals surface area contributed by atoms with Gasteiger partial charge in [0.25, 0.3) is 5.91 Å². The minimum absolute atomic E-state index is 0.108. The smallest absolute Gasteiger partial charge is 0.281 e. The number of amides is 2. The molecule has 0 aromatic heterocycles. The van der Waals surface area contributed by atoms with Gasteiger partial charge in [-0.05, 0) is 36.4 Å². The van der Waals surface area contributed by atoms with Gasteiger partial charge in [-0.2, -0.15) is 0 Å². The first-order valence-electron chi connectivity index (χ1n) is 7.73. The lowest BCUT2D eigenvalue weighted by molar-refractivity contribution is -0.136. The van der Waals surface area contributed by atoms with E-state index in [9.17, 15) is 14.0 Å². The number of halogens is 3. The van der Waals surface area contributed by atoms with Gasteiger partial charge in [-0.3, -0.25) is 9.59 Å². The average Bonchev–Trinajstić information content (AvgIpc) is 3.11. The second-order valence-electron chi connectivity index (χ2n) is 6.11. The second-order valence-corrected chi connectivity index (χ2v) is 6.96. The van der Waals surface area contributed by atoms with Crippen molar-refractivity contribution in [3.63, 3.8) is 0 Å². The van der Waals surface area contributed by atoms with Crippen molar-refractivity contribution in [1.29, 1.82) is 0 Å². The molecule has 0 aliphatic carbocycles. The lowest BCUT2D eigenvalue weighted by Gasteiger charge is -2.19. The number of nitrogens with zero attached hydrogens (tertiary/aromatic N) is 2.